The third kappa shape index (κ3) is 4.37. The van der Waals surface area contributed by atoms with Crippen LogP contribution in [0.25, 0.3) is 0 Å². The molecule has 0 atom stereocenters. The number of nitro groups is 1. The van der Waals surface area contributed by atoms with Crippen LogP contribution in [0.1, 0.15) is 20.7 Å². The first-order chi connectivity index (χ1) is 14.9. The molecule has 0 spiro atoms. The van der Waals surface area contributed by atoms with Crippen LogP contribution in [0.15, 0.2) is 72.8 Å². The van der Waals surface area contributed by atoms with Crippen LogP contribution in [0, 0.1) is 10.1 Å². The molecule has 8 nitrogen and oxygen atoms in total. The van der Waals surface area contributed by atoms with Crippen molar-refractivity contribution in [3.8, 4) is 0 Å². The van der Waals surface area contributed by atoms with Crippen LogP contribution < -0.4 is 14.2 Å². The number of nitro benzene ring substituents is 1. The van der Waals surface area contributed by atoms with Gasteiger partial charge in [-0.15, -0.1) is 0 Å². The van der Waals surface area contributed by atoms with Gasteiger partial charge in [-0.05, 0) is 0 Å². The Labute approximate surface area is 183 Å². The van der Waals surface area contributed by atoms with Gasteiger partial charge < -0.3 is 0 Å². The second kappa shape index (κ2) is 8.51. The van der Waals surface area contributed by atoms with E-state index in [2.05, 4.69) is 5.32 Å². The molecule has 1 aliphatic heterocycles. The van der Waals surface area contributed by atoms with Gasteiger partial charge in [0.25, 0.3) is 0 Å². The molecule has 0 fully saturated rings. The van der Waals surface area contributed by atoms with Gasteiger partial charge in [-0.1, -0.05) is 0 Å². The first-order valence-electron chi connectivity index (χ1n) is 9.20. The fraction of sp³-hybridized carbons (Fsp3) is 0.0455. The van der Waals surface area contributed by atoms with E-state index in [0.29, 0.717) is 16.8 Å². The average Bonchev–Trinajstić information content (AvgIpc) is 3.00. The van der Waals surface area contributed by atoms with Gasteiger partial charge in [0.2, 0.25) is 0 Å². The van der Waals surface area contributed by atoms with Crippen molar-refractivity contribution in [1.29, 1.82) is 0 Å². The first-order valence-corrected chi connectivity index (χ1v) is 10.9. The molecule has 0 bridgehead atoms. The fourth-order valence-electron chi connectivity index (χ4n) is 3.11. The summed E-state index contributed by atoms with van der Waals surface area (Å²) >= 11 is -0.0438. The molecule has 3 aromatic carbocycles. The van der Waals surface area contributed by atoms with Crippen molar-refractivity contribution in [2.24, 2.45) is 0 Å². The molecule has 31 heavy (non-hydrogen) atoms. The second-order valence-electron chi connectivity index (χ2n) is 6.67. The number of hydrogen-bond donors (Lipinski definition) is 1. The predicted molar refractivity (Wildman–Crippen MR) is 115 cm³/mol. The van der Waals surface area contributed by atoms with Crippen molar-refractivity contribution in [3.63, 3.8) is 0 Å². The molecule has 0 saturated carbocycles. The molecule has 1 N–H and O–H groups in total. The molecule has 0 radical (unpaired) electrons. The molecule has 4 rings (SSSR count). The summed E-state index contributed by atoms with van der Waals surface area (Å²) < 4.78 is 2.01. The minimum atomic E-state index is -0.475. The van der Waals surface area contributed by atoms with Crippen molar-refractivity contribution in [1.82, 2.24) is 4.90 Å². The van der Waals surface area contributed by atoms with Crippen molar-refractivity contribution < 1.29 is 19.3 Å². The van der Waals surface area contributed by atoms with E-state index in [-0.39, 0.29) is 27.2 Å². The number of fused-ring (bicyclic) bond motifs is 1. The predicted octanol–water partition coefficient (Wildman–Crippen LogP) is 1.48. The number of carbonyl (C=O) groups is 3. The molecule has 1 heterocycles. The molecule has 0 aromatic heterocycles. The molecule has 0 aliphatic carbocycles. The third-order valence-electron chi connectivity index (χ3n) is 4.60. The number of rotatable bonds is 6. The maximum absolute atomic E-state index is 12.4. The van der Waals surface area contributed by atoms with Crippen molar-refractivity contribution >= 4 is 53.0 Å². The topological polar surface area (TPSA) is 110 Å². The molecular weight excluding hydrogens is 465 g/mol. The van der Waals surface area contributed by atoms with Gasteiger partial charge in [-0.2, -0.15) is 0 Å². The van der Waals surface area contributed by atoms with E-state index in [4.69, 9.17) is 0 Å². The second-order valence-corrected chi connectivity index (χ2v) is 9.07. The molecule has 0 saturated heterocycles. The van der Waals surface area contributed by atoms with E-state index in [9.17, 15) is 24.5 Å². The summed E-state index contributed by atoms with van der Waals surface area (Å²) in [6.45, 7) is -0.360. The number of benzene rings is 3. The molecule has 154 valence electrons. The molecular formula is C22H15N3O5Se. The van der Waals surface area contributed by atoms with E-state index in [1.165, 1.54) is 12.1 Å². The Kier molecular flexibility index (Phi) is 5.62. The summed E-state index contributed by atoms with van der Waals surface area (Å²) in [5, 5.41) is 13.4. The Bertz CT molecular complexity index is 1160. The molecule has 0 unspecified atom stereocenters. The summed E-state index contributed by atoms with van der Waals surface area (Å²) in [6, 6.07) is 20.1. The maximum atomic E-state index is 12.4. The van der Waals surface area contributed by atoms with Crippen LogP contribution in [0.3, 0.4) is 0 Å². The SMILES string of the molecule is O=C(CN1C(=O)c2ccccc2C1=O)Nc1ccc([Se]c2ccc([N+](=O)[O-])cc2)cc1. The summed E-state index contributed by atoms with van der Waals surface area (Å²) in [5.74, 6) is -1.42. The van der Waals surface area contributed by atoms with Gasteiger partial charge in [0.15, 0.2) is 0 Å². The van der Waals surface area contributed by atoms with Crippen molar-refractivity contribution in [2.45, 2.75) is 0 Å². The van der Waals surface area contributed by atoms with E-state index in [1.54, 1.807) is 48.5 Å². The van der Waals surface area contributed by atoms with Crippen LogP contribution in [0.2, 0.25) is 0 Å². The quantitative estimate of drug-likeness (QED) is 0.249. The van der Waals surface area contributed by atoms with E-state index >= 15 is 0 Å². The Morgan fingerprint density at radius 3 is 1.90 bits per heavy atom. The number of imide groups is 1. The van der Waals surface area contributed by atoms with Crippen molar-refractivity contribution in [2.75, 3.05) is 11.9 Å². The number of amides is 3. The average molecular weight is 480 g/mol. The van der Waals surface area contributed by atoms with Crippen LogP contribution in [-0.4, -0.2) is 49.0 Å². The van der Waals surface area contributed by atoms with Gasteiger partial charge in [0.05, 0.1) is 0 Å². The first kappa shape index (κ1) is 20.5. The zero-order chi connectivity index (χ0) is 22.0. The number of anilines is 1. The number of carbonyl (C=O) groups excluding carboxylic acids is 3. The zero-order valence-corrected chi connectivity index (χ0v) is 17.7. The van der Waals surface area contributed by atoms with Crippen LogP contribution >= 0.6 is 0 Å². The summed E-state index contributed by atoms with van der Waals surface area (Å²) in [5.41, 5.74) is 1.21. The Balaban J connectivity index is 1.36. The van der Waals surface area contributed by atoms with Gasteiger partial charge in [-0.25, -0.2) is 0 Å². The van der Waals surface area contributed by atoms with Gasteiger partial charge >= 0.3 is 183 Å². The Morgan fingerprint density at radius 2 is 1.39 bits per heavy atom. The summed E-state index contributed by atoms with van der Waals surface area (Å²) in [4.78, 5) is 48.3. The van der Waals surface area contributed by atoms with E-state index in [0.717, 1.165) is 13.8 Å². The van der Waals surface area contributed by atoms with Crippen LogP contribution in [0.4, 0.5) is 11.4 Å². The van der Waals surface area contributed by atoms with Gasteiger partial charge in [0, 0.05) is 0 Å². The minimum absolute atomic E-state index is 0.0438. The van der Waals surface area contributed by atoms with Gasteiger partial charge in [0.1, 0.15) is 0 Å². The van der Waals surface area contributed by atoms with Crippen LogP contribution in [0.5, 0.6) is 0 Å². The molecule has 3 amide bonds. The monoisotopic (exact) mass is 481 g/mol. The van der Waals surface area contributed by atoms with Crippen LogP contribution in [-0.2, 0) is 4.79 Å². The van der Waals surface area contributed by atoms with Crippen molar-refractivity contribution in [3.05, 3.63) is 94.0 Å². The Hall–Kier alpha value is -3.81. The number of nitrogens with one attached hydrogen (secondary N) is 1. The van der Waals surface area contributed by atoms with Gasteiger partial charge in [-0.3, -0.25) is 0 Å². The number of hydrogen-bond acceptors (Lipinski definition) is 5. The summed E-state index contributed by atoms with van der Waals surface area (Å²) in [7, 11) is 0. The molecule has 9 heteroatoms. The summed E-state index contributed by atoms with van der Waals surface area (Å²) in [6.07, 6.45) is 0. The fourth-order valence-corrected chi connectivity index (χ4v) is 4.82. The third-order valence-corrected chi connectivity index (χ3v) is 6.73. The zero-order valence-electron chi connectivity index (χ0n) is 16.0. The standard InChI is InChI=1S/C22H15N3O5Se/c26-20(13-24-21(27)18-3-1-2-4-19(18)22(24)28)23-14-5-9-16(10-6-14)31-17-11-7-15(8-12-17)25(29)30/h1-12H,13H2,(H,23,26). The molecule has 1 aliphatic rings. The van der Waals surface area contributed by atoms with E-state index in [1.807, 2.05) is 12.1 Å². The van der Waals surface area contributed by atoms with E-state index < -0.39 is 22.6 Å². The number of non-ortho nitro benzene ring substituents is 1. The Morgan fingerprint density at radius 1 is 0.871 bits per heavy atom. The number of nitrogens with zero attached hydrogens (tertiary/aromatic N) is 2. The normalized spacial score (nSPS) is 12.6. The molecule has 3 aromatic rings.